The predicted octanol–water partition coefficient (Wildman–Crippen LogP) is 3.92. The molecule has 5 nitrogen and oxygen atoms in total. The molecule has 0 bridgehead atoms. The maximum atomic E-state index is 13.3. The molecule has 0 spiro atoms. The van der Waals surface area contributed by atoms with Crippen LogP contribution in [0, 0.1) is 5.92 Å². The van der Waals surface area contributed by atoms with Crippen LogP contribution in [0.25, 0.3) is 0 Å². The molecule has 1 aromatic carbocycles. The second-order valence-electron chi connectivity index (χ2n) is 7.98. The number of alkyl halides is 3. The lowest BCUT2D eigenvalue weighted by Crippen LogP contribution is -2.49. The molecular formula is C21H31F3IN3O2. The van der Waals surface area contributed by atoms with Crippen LogP contribution in [0.5, 0.6) is 0 Å². The van der Waals surface area contributed by atoms with Gasteiger partial charge >= 0.3 is 6.18 Å². The lowest BCUT2D eigenvalue weighted by Gasteiger charge is -2.39. The fourth-order valence-corrected chi connectivity index (χ4v) is 4.19. The lowest BCUT2D eigenvalue weighted by molar-refractivity contribution is -0.137. The molecule has 2 aliphatic rings. The molecule has 1 atom stereocenters. The van der Waals surface area contributed by atoms with Gasteiger partial charge in [0.2, 0.25) is 0 Å². The molecule has 0 radical (unpaired) electrons. The average Bonchev–Trinajstić information content (AvgIpc) is 3.21. The molecular weight excluding hydrogens is 510 g/mol. The molecule has 0 aromatic heterocycles. The minimum atomic E-state index is -4.35. The van der Waals surface area contributed by atoms with E-state index in [0.717, 1.165) is 38.2 Å². The van der Waals surface area contributed by atoms with Crippen molar-refractivity contribution < 1.29 is 22.6 Å². The Bertz CT molecular complexity index is 703. The Morgan fingerprint density at radius 3 is 2.57 bits per heavy atom. The highest BCUT2D eigenvalue weighted by Gasteiger charge is 2.37. The van der Waals surface area contributed by atoms with Gasteiger partial charge in [0.1, 0.15) is 0 Å². The average molecular weight is 541 g/mol. The molecule has 2 saturated heterocycles. The maximum absolute atomic E-state index is 13.3. The van der Waals surface area contributed by atoms with E-state index in [1.54, 1.807) is 13.1 Å². The zero-order valence-electron chi connectivity index (χ0n) is 17.5. The lowest BCUT2D eigenvalue weighted by atomic mass is 9.73. The Kier molecular flexibility index (Phi) is 9.23. The quantitative estimate of drug-likeness (QED) is 0.349. The van der Waals surface area contributed by atoms with Crippen molar-refractivity contribution in [1.82, 2.24) is 10.2 Å². The van der Waals surface area contributed by atoms with Crippen molar-refractivity contribution in [2.45, 2.75) is 30.9 Å². The zero-order valence-corrected chi connectivity index (χ0v) is 19.8. The summed E-state index contributed by atoms with van der Waals surface area (Å²) >= 11 is 0. The molecule has 0 amide bonds. The Labute approximate surface area is 193 Å². The summed E-state index contributed by atoms with van der Waals surface area (Å²) in [6.07, 6.45) is -1.99. The van der Waals surface area contributed by atoms with Crippen molar-refractivity contribution in [3.8, 4) is 0 Å². The normalized spacial score (nSPS) is 21.8. The van der Waals surface area contributed by atoms with Crippen molar-refractivity contribution in [2.75, 3.05) is 53.6 Å². The SMILES string of the molecule is CN=C(NCC1(c2cccc(C(F)(F)F)c2)CCOCC1)N(C)CC1CCOC1.I. The maximum Gasteiger partial charge on any atom is 0.416 e. The van der Waals surface area contributed by atoms with Gasteiger partial charge in [-0.25, -0.2) is 0 Å². The molecule has 9 heteroatoms. The molecule has 170 valence electrons. The van der Waals surface area contributed by atoms with Gasteiger partial charge in [-0.2, -0.15) is 13.2 Å². The fraction of sp³-hybridized carbons (Fsp3) is 0.667. The van der Waals surface area contributed by atoms with E-state index in [4.69, 9.17) is 9.47 Å². The van der Waals surface area contributed by atoms with E-state index in [2.05, 4.69) is 15.2 Å². The Hall–Kier alpha value is -1.07. The van der Waals surface area contributed by atoms with E-state index in [1.165, 1.54) is 12.1 Å². The van der Waals surface area contributed by atoms with Crippen molar-refractivity contribution in [1.29, 1.82) is 0 Å². The van der Waals surface area contributed by atoms with Crippen LogP contribution >= 0.6 is 24.0 Å². The molecule has 2 fully saturated rings. The van der Waals surface area contributed by atoms with Crippen LogP contribution in [0.2, 0.25) is 0 Å². The van der Waals surface area contributed by atoms with E-state index >= 15 is 0 Å². The first-order valence-electron chi connectivity index (χ1n) is 10.1. The van der Waals surface area contributed by atoms with Crippen LogP contribution in [0.1, 0.15) is 30.4 Å². The molecule has 1 N–H and O–H groups in total. The predicted molar refractivity (Wildman–Crippen MR) is 122 cm³/mol. The number of halogens is 4. The second-order valence-corrected chi connectivity index (χ2v) is 7.98. The third-order valence-corrected chi connectivity index (χ3v) is 5.97. The van der Waals surface area contributed by atoms with Crippen molar-refractivity contribution >= 4 is 29.9 Å². The summed E-state index contributed by atoms with van der Waals surface area (Å²) in [6, 6.07) is 5.71. The molecule has 30 heavy (non-hydrogen) atoms. The minimum Gasteiger partial charge on any atom is -0.381 e. The number of nitrogens with zero attached hydrogens (tertiary/aromatic N) is 2. The first-order valence-corrected chi connectivity index (χ1v) is 10.1. The van der Waals surface area contributed by atoms with E-state index in [9.17, 15) is 13.2 Å². The molecule has 0 aliphatic carbocycles. The Balaban J connectivity index is 0.00000320. The monoisotopic (exact) mass is 541 g/mol. The number of nitrogens with one attached hydrogen (secondary N) is 1. The topological polar surface area (TPSA) is 46.1 Å². The summed E-state index contributed by atoms with van der Waals surface area (Å²) in [5.74, 6) is 1.22. The minimum absolute atomic E-state index is 0. The highest BCUT2D eigenvalue weighted by atomic mass is 127. The summed E-state index contributed by atoms with van der Waals surface area (Å²) in [5.41, 5.74) is -0.332. The number of ether oxygens (including phenoxy) is 2. The number of aliphatic imine (C=N–C) groups is 1. The van der Waals surface area contributed by atoms with Gasteiger partial charge in [0, 0.05) is 58.3 Å². The van der Waals surface area contributed by atoms with E-state index in [1.807, 2.05) is 7.05 Å². The Morgan fingerprint density at radius 2 is 1.97 bits per heavy atom. The number of rotatable bonds is 5. The highest BCUT2D eigenvalue weighted by Crippen LogP contribution is 2.37. The van der Waals surface area contributed by atoms with Gasteiger partial charge in [0.25, 0.3) is 0 Å². The number of hydrogen-bond donors (Lipinski definition) is 1. The third-order valence-electron chi connectivity index (χ3n) is 5.97. The number of hydrogen-bond acceptors (Lipinski definition) is 3. The van der Waals surface area contributed by atoms with Gasteiger partial charge in [-0.1, -0.05) is 18.2 Å². The van der Waals surface area contributed by atoms with Gasteiger partial charge in [-0.3, -0.25) is 4.99 Å². The van der Waals surface area contributed by atoms with Gasteiger partial charge in [-0.05, 0) is 30.9 Å². The molecule has 0 saturated carbocycles. The molecule has 2 heterocycles. The van der Waals surface area contributed by atoms with E-state index in [0.29, 0.717) is 44.1 Å². The molecule has 2 aliphatic heterocycles. The standard InChI is InChI=1S/C21H30F3N3O2.HI/c1-25-19(27(2)13-16-6-9-29-14-16)26-15-20(7-10-28-11-8-20)17-4-3-5-18(12-17)21(22,23)24;/h3-5,12,16H,6-11,13-15H2,1-2H3,(H,25,26);1H. The largest absolute Gasteiger partial charge is 0.416 e. The summed E-state index contributed by atoms with van der Waals surface area (Å²) in [7, 11) is 3.71. The molecule has 3 rings (SSSR count). The summed E-state index contributed by atoms with van der Waals surface area (Å²) < 4.78 is 50.7. The van der Waals surface area contributed by atoms with Gasteiger partial charge in [0.15, 0.2) is 5.96 Å². The van der Waals surface area contributed by atoms with Crippen LogP contribution in [0.15, 0.2) is 29.3 Å². The van der Waals surface area contributed by atoms with Gasteiger partial charge in [-0.15, -0.1) is 24.0 Å². The fourth-order valence-electron chi connectivity index (χ4n) is 4.19. The second kappa shape index (κ2) is 11.0. The van der Waals surface area contributed by atoms with Crippen LogP contribution in [0.4, 0.5) is 13.2 Å². The highest BCUT2D eigenvalue weighted by molar-refractivity contribution is 14.0. The van der Waals surface area contributed by atoms with Crippen molar-refractivity contribution in [2.24, 2.45) is 10.9 Å². The zero-order chi connectivity index (χ0) is 20.9. The first kappa shape index (κ1) is 25.2. The summed E-state index contributed by atoms with van der Waals surface area (Å²) in [4.78, 5) is 6.44. The van der Waals surface area contributed by atoms with Crippen molar-refractivity contribution in [3.05, 3.63) is 35.4 Å². The molecule has 1 aromatic rings. The van der Waals surface area contributed by atoms with E-state index in [-0.39, 0.29) is 24.0 Å². The van der Waals surface area contributed by atoms with Gasteiger partial charge in [0.05, 0.1) is 12.2 Å². The van der Waals surface area contributed by atoms with Crippen molar-refractivity contribution in [3.63, 3.8) is 0 Å². The smallest absolute Gasteiger partial charge is 0.381 e. The molecule has 1 unspecified atom stereocenters. The third kappa shape index (κ3) is 6.23. The van der Waals surface area contributed by atoms with Crippen LogP contribution in [-0.2, 0) is 21.1 Å². The number of guanidine groups is 1. The van der Waals surface area contributed by atoms with Gasteiger partial charge < -0.3 is 19.7 Å². The number of benzene rings is 1. The summed E-state index contributed by atoms with van der Waals surface area (Å²) in [5, 5.41) is 3.41. The van der Waals surface area contributed by atoms with E-state index < -0.39 is 17.2 Å². The van der Waals surface area contributed by atoms with Crippen LogP contribution in [0.3, 0.4) is 0 Å². The Morgan fingerprint density at radius 1 is 1.23 bits per heavy atom. The van der Waals surface area contributed by atoms with Crippen LogP contribution in [-0.4, -0.2) is 64.5 Å². The summed E-state index contributed by atoms with van der Waals surface area (Å²) in [6.45, 7) is 3.96. The first-order chi connectivity index (χ1) is 13.8. The van der Waals surface area contributed by atoms with Crippen LogP contribution < -0.4 is 5.32 Å².